The molecule has 1 aliphatic carbocycles. The number of para-hydroxylation sites is 2. The van der Waals surface area contributed by atoms with E-state index in [2.05, 4.69) is 228 Å². The summed E-state index contributed by atoms with van der Waals surface area (Å²) in [5.41, 5.74) is 17.3. The van der Waals surface area contributed by atoms with Crippen molar-refractivity contribution in [1.29, 1.82) is 0 Å². The summed E-state index contributed by atoms with van der Waals surface area (Å²) in [7, 11) is 0. The molecule has 0 spiro atoms. The fourth-order valence-electron chi connectivity index (χ4n) is 10.9. The number of fused-ring (bicyclic) bond motifs is 12. The Labute approximate surface area is 357 Å². The molecule has 2 nitrogen and oxygen atoms in total. The predicted molar refractivity (Wildman–Crippen MR) is 263 cm³/mol. The zero-order valence-corrected chi connectivity index (χ0v) is 33.7. The van der Waals surface area contributed by atoms with Crippen molar-refractivity contribution in [1.82, 2.24) is 9.13 Å². The van der Waals surface area contributed by atoms with Crippen molar-refractivity contribution < 1.29 is 0 Å². The van der Waals surface area contributed by atoms with Crippen LogP contribution in [0.15, 0.2) is 218 Å². The molecular weight excluding hydrogens is 749 g/mol. The van der Waals surface area contributed by atoms with Crippen molar-refractivity contribution in [3.05, 3.63) is 218 Å². The lowest BCUT2D eigenvalue weighted by atomic mass is 9.93. The minimum Gasteiger partial charge on any atom is -0.309 e. The normalized spacial score (nSPS) is 12.2. The Morgan fingerprint density at radius 2 is 0.839 bits per heavy atom. The van der Waals surface area contributed by atoms with Crippen LogP contribution < -0.4 is 0 Å². The van der Waals surface area contributed by atoms with E-state index in [-0.39, 0.29) is 0 Å². The first-order valence-corrected chi connectivity index (χ1v) is 21.5. The highest BCUT2D eigenvalue weighted by Crippen LogP contribution is 2.49. The van der Waals surface area contributed by atoms with E-state index in [1.165, 1.54) is 126 Å². The zero-order chi connectivity index (χ0) is 40.5. The van der Waals surface area contributed by atoms with Crippen molar-refractivity contribution in [2.45, 2.75) is 0 Å². The molecule has 2 heteroatoms. The van der Waals surface area contributed by atoms with Crippen molar-refractivity contribution in [3.63, 3.8) is 0 Å². The van der Waals surface area contributed by atoms with Gasteiger partial charge in [-0.15, -0.1) is 0 Å². The first-order valence-electron chi connectivity index (χ1n) is 21.5. The highest BCUT2D eigenvalue weighted by atomic mass is 15.0. The molecule has 2 heterocycles. The minimum absolute atomic E-state index is 1.16. The van der Waals surface area contributed by atoms with Gasteiger partial charge in [-0.2, -0.15) is 0 Å². The van der Waals surface area contributed by atoms with Crippen LogP contribution in [0.3, 0.4) is 0 Å². The number of hydrogen-bond donors (Lipinski definition) is 0. The van der Waals surface area contributed by atoms with Gasteiger partial charge in [-0.3, -0.25) is 0 Å². The second-order valence-electron chi connectivity index (χ2n) is 16.8. The Kier molecular flexibility index (Phi) is 6.86. The largest absolute Gasteiger partial charge is 0.309 e. The third kappa shape index (κ3) is 4.64. The van der Waals surface area contributed by atoms with Crippen LogP contribution in [0, 0.1) is 0 Å². The predicted octanol–water partition coefficient (Wildman–Crippen LogP) is 16.3. The highest BCUT2D eigenvalue weighted by Gasteiger charge is 2.23. The average molecular weight is 785 g/mol. The van der Waals surface area contributed by atoms with Crippen molar-refractivity contribution >= 4 is 75.9 Å². The maximum absolute atomic E-state index is 2.49. The van der Waals surface area contributed by atoms with Crippen molar-refractivity contribution in [2.75, 3.05) is 0 Å². The molecule has 0 unspecified atom stereocenters. The maximum atomic E-state index is 2.49. The van der Waals surface area contributed by atoms with E-state index in [0.29, 0.717) is 0 Å². The molecule has 0 fully saturated rings. The van der Waals surface area contributed by atoms with Gasteiger partial charge in [0, 0.05) is 38.0 Å². The third-order valence-electron chi connectivity index (χ3n) is 13.6. The van der Waals surface area contributed by atoms with E-state index in [0.717, 1.165) is 5.69 Å². The van der Waals surface area contributed by atoms with Gasteiger partial charge in [-0.25, -0.2) is 0 Å². The van der Waals surface area contributed by atoms with Crippen LogP contribution in [-0.2, 0) is 0 Å². The van der Waals surface area contributed by atoms with Gasteiger partial charge in [0.25, 0.3) is 0 Å². The lowest BCUT2D eigenvalue weighted by Crippen LogP contribution is -1.96. The van der Waals surface area contributed by atoms with Crippen molar-refractivity contribution in [3.8, 4) is 55.9 Å². The van der Waals surface area contributed by atoms with Crippen LogP contribution in [0.25, 0.3) is 132 Å². The minimum atomic E-state index is 1.16. The molecule has 0 saturated heterocycles. The molecule has 11 aromatic carbocycles. The number of benzene rings is 11. The van der Waals surface area contributed by atoms with Gasteiger partial charge in [-0.1, -0.05) is 176 Å². The molecule has 0 atom stereocenters. The molecule has 14 rings (SSSR count). The molecule has 2 aromatic heterocycles. The van der Waals surface area contributed by atoms with E-state index in [9.17, 15) is 0 Å². The summed E-state index contributed by atoms with van der Waals surface area (Å²) < 4.78 is 4.95. The maximum Gasteiger partial charge on any atom is 0.0619 e. The highest BCUT2D eigenvalue weighted by molar-refractivity contribution is 6.20. The van der Waals surface area contributed by atoms with Gasteiger partial charge < -0.3 is 9.13 Å². The molecule has 0 amide bonds. The fourth-order valence-corrected chi connectivity index (χ4v) is 10.9. The van der Waals surface area contributed by atoms with E-state index in [1.54, 1.807) is 0 Å². The topological polar surface area (TPSA) is 9.86 Å². The van der Waals surface area contributed by atoms with Gasteiger partial charge in [0.05, 0.1) is 27.8 Å². The quantitative estimate of drug-likeness (QED) is 0.168. The van der Waals surface area contributed by atoms with Crippen LogP contribution in [-0.4, -0.2) is 9.13 Å². The molecule has 62 heavy (non-hydrogen) atoms. The van der Waals surface area contributed by atoms with Gasteiger partial charge >= 0.3 is 0 Å². The Bertz CT molecular complexity index is 4030. The van der Waals surface area contributed by atoms with E-state index >= 15 is 0 Å². The molecule has 0 bridgehead atoms. The number of nitrogens with zero attached hydrogens (tertiary/aromatic N) is 2. The van der Waals surface area contributed by atoms with E-state index in [4.69, 9.17) is 0 Å². The van der Waals surface area contributed by atoms with Crippen molar-refractivity contribution in [2.24, 2.45) is 0 Å². The molecular formula is C60H36N2. The lowest BCUT2D eigenvalue weighted by Gasteiger charge is -2.15. The summed E-state index contributed by atoms with van der Waals surface area (Å²) in [5, 5.41) is 12.7. The third-order valence-corrected chi connectivity index (χ3v) is 13.6. The molecule has 1 aliphatic rings. The van der Waals surface area contributed by atoms with Gasteiger partial charge in [0.2, 0.25) is 0 Å². The Morgan fingerprint density at radius 1 is 0.258 bits per heavy atom. The number of aromatic nitrogens is 2. The fraction of sp³-hybridized carbons (Fsp3) is 0. The smallest absolute Gasteiger partial charge is 0.0619 e. The van der Waals surface area contributed by atoms with Crippen LogP contribution in [0.1, 0.15) is 0 Å². The first-order chi connectivity index (χ1) is 30.8. The first kappa shape index (κ1) is 33.6. The lowest BCUT2D eigenvalue weighted by molar-refractivity contribution is 1.19. The molecule has 0 N–H and O–H groups in total. The molecule has 0 saturated carbocycles. The van der Waals surface area contributed by atoms with E-state index in [1.807, 2.05) is 0 Å². The molecule has 0 aliphatic heterocycles. The summed E-state index contributed by atoms with van der Waals surface area (Å²) in [6, 6.07) is 81.1. The summed E-state index contributed by atoms with van der Waals surface area (Å²) in [6.45, 7) is 0. The second-order valence-corrected chi connectivity index (χ2v) is 16.8. The summed E-state index contributed by atoms with van der Waals surface area (Å²) >= 11 is 0. The Hall–Kier alpha value is -8.20. The summed E-state index contributed by atoms with van der Waals surface area (Å²) in [5.74, 6) is 0. The van der Waals surface area contributed by atoms with Crippen LogP contribution in [0.5, 0.6) is 0 Å². The monoisotopic (exact) mass is 784 g/mol. The van der Waals surface area contributed by atoms with Gasteiger partial charge in [0.1, 0.15) is 0 Å². The van der Waals surface area contributed by atoms with Gasteiger partial charge in [-0.05, 0) is 109 Å². The molecule has 0 radical (unpaired) electrons. The Morgan fingerprint density at radius 3 is 1.68 bits per heavy atom. The molecule has 13 aromatic rings. The summed E-state index contributed by atoms with van der Waals surface area (Å²) in [4.78, 5) is 0. The van der Waals surface area contributed by atoms with Crippen LogP contribution >= 0.6 is 0 Å². The van der Waals surface area contributed by atoms with Gasteiger partial charge in [0.15, 0.2) is 0 Å². The average Bonchev–Trinajstić information content (AvgIpc) is 3.97. The summed E-state index contributed by atoms with van der Waals surface area (Å²) in [6.07, 6.45) is 0. The Balaban J connectivity index is 0.964. The standard InChI is InChI=1S/C60H36N2/c1-2-15-42(16-3-1)61-57-35-39(28-32-50(57)53-33-26-37-12-4-5-17-44(37)60(53)61)40-27-31-49-48-18-6-7-24-55(48)62(58(49)36-40)56-25-11-20-45-43(19-10-21-47(45)56)41-29-30-46-51-22-8-13-38-14-9-23-52(59(38)51)54(46)34-41/h1-36H. The number of hydrogen-bond acceptors (Lipinski definition) is 0. The zero-order valence-electron chi connectivity index (χ0n) is 33.7. The number of rotatable bonds is 4. The second kappa shape index (κ2) is 12.7. The SMILES string of the molecule is c1ccc(-n2c3cc(-c4ccc5c6ccccc6n(-c6cccc7c(-c8ccc9c(c8)-c8cccc%10cccc-9c8%10)cccc67)c5c4)ccc3c3ccc4ccccc4c32)cc1. The molecule has 286 valence electrons. The van der Waals surface area contributed by atoms with E-state index < -0.39 is 0 Å². The van der Waals surface area contributed by atoms with Crippen LogP contribution in [0.2, 0.25) is 0 Å². The van der Waals surface area contributed by atoms with Crippen LogP contribution in [0.4, 0.5) is 0 Å².